The Bertz CT molecular complexity index is 534. The molecule has 0 aromatic heterocycles. The van der Waals surface area contributed by atoms with Gasteiger partial charge in [0.15, 0.2) is 0 Å². The van der Waals surface area contributed by atoms with E-state index in [9.17, 15) is 9.90 Å². The lowest BCUT2D eigenvalue weighted by atomic mass is 10.0. The molecule has 3 heteroatoms. The number of nitrogens with one attached hydrogen (secondary N) is 1. The normalized spacial score (nSPS) is 10.4. The van der Waals surface area contributed by atoms with Crippen LogP contribution >= 0.6 is 0 Å². The van der Waals surface area contributed by atoms with Crippen molar-refractivity contribution in [2.24, 2.45) is 0 Å². The van der Waals surface area contributed by atoms with Crippen LogP contribution < -0.4 is 5.32 Å². The molecule has 0 atom stereocenters. The summed E-state index contributed by atoms with van der Waals surface area (Å²) in [5, 5.41) is 13.8. The van der Waals surface area contributed by atoms with E-state index in [4.69, 9.17) is 0 Å². The Morgan fingerprint density at radius 2 is 1.88 bits per heavy atom. The molecule has 0 saturated carbocycles. The molecule has 2 rings (SSSR count). The molecule has 2 N–H and O–H groups in total. The monoisotopic (exact) mass is 215 g/mol. The van der Waals surface area contributed by atoms with Crippen molar-refractivity contribution in [1.29, 1.82) is 0 Å². The molecule has 0 heterocycles. The maximum absolute atomic E-state index is 11.6. The van der Waals surface area contributed by atoms with Crippen LogP contribution in [0.1, 0.15) is 15.9 Å². The molecule has 0 aliphatic rings. The third-order valence-electron chi connectivity index (χ3n) is 2.61. The fraction of sp³-hybridized carbons (Fsp3) is 0.154. The van der Waals surface area contributed by atoms with Gasteiger partial charge in [0.05, 0.1) is 6.61 Å². The van der Waals surface area contributed by atoms with E-state index in [0.717, 1.165) is 10.8 Å². The standard InChI is InChI=1S/C13H13NO2/c1-14-13(16)12-7-10-5-3-2-4-9(10)6-11(12)8-15/h2-7,15H,8H2,1H3,(H,14,16). The van der Waals surface area contributed by atoms with Crippen LogP contribution in [0.25, 0.3) is 10.8 Å². The fourth-order valence-electron chi connectivity index (χ4n) is 1.76. The SMILES string of the molecule is CNC(=O)c1cc2ccccc2cc1CO. The number of hydrogen-bond acceptors (Lipinski definition) is 2. The Morgan fingerprint density at radius 3 is 2.44 bits per heavy atom. The molecule has 0 spiro atoms. The van der Waals surface area contributed by atoms with Crippen LogP contribution in [-0.4, -0.2) is 18.1 Å². The van der Waals surface area contributed by atoms with E-state index in [-0.39, 0.29) is 12.5 Å². The minimum absolute atomic E-state index is 0.131. The highest BCUT2D eigenvalue weighted by Gasteiger charge is 2.10. The van der Waals surface area contributed by atoms with Crippen LogP contribution in [0.15, 0.2) is 36.4 Å². The molecule has 0 unspecified atom stereocenters. The quantitative estimate of drug-likeness (QED) is 0.801. The highest BCUT2D eigenvalue weighted by Crippen LogP contribution is 2.20. The second-order valence-electron chi connectivity index (χ2n) is 3.59. The molecule has 1 amide bonds. The number of carbonyl (C=O) groups is 1. The van der Waals surface area contributed by atoms with E-state index in [1.54, 1.807) is 13.1 Å². The summed E-state index contributed by atoms with van der Waals surface area (Å²) >= 11 is 0. The average molecular weight is 215 g/mol. The number of benzene rings is 2. The molecule has 2 aromatic carbocycles. The molecular formula is C13H13NO2. The molecular weight excluding hydrogens is 202 g/mol. The number of aliphatic hydroxyl groups excluding tert-OH is 1. The topological polar surface area (TPSA) is 49.3 Å². The summed E-state index contributed by atoms with van der Waals surface area (Å²) in [6.45, 7) is -0.131. The predicted molar refractivity (Wildman–Crippen MR) is 63.3 cm³/mol. The Hall–Kier alpha value is -1.87. The molecule has 0 aliphatic carbocycles. The molecule has 16 heavy (non-hydrogen) atoms. The zero-order valence-corrected chi connectivity index (χ0v) is 9.03. The van der Waals surface area contributed by atoms with Crippen molar-refractivity contribution in [3.8, 4) is 0 Å². The van der Waals surface area contributed by atoms with Gasteiger partial charge in [0.2, 0.25) is 0 Å². The van der Waals surface area contributed by atoms with Gasteiger partial charge >= 0.3 is 0 Å². The first-order chi connectivity index (χ1) is 7.76. The van der Waals surface area contributed by atoms with E-state index in [0.29, 0.717) is 11.1 Å². The molecule has 3 nitrogen and oxygen atoms in total. The molecule has 0 saturated heterocycles. The van der Waals surface area contributed by atoms with Gasteiger partial charge in [-0.2, -0.15) is 0 Å². The first kappa shape index (κ1) is 10.6. The largest absolute Gasteiger partial charge is 0.392 e. The summed E-state index contributed by atoms with van der Waals surface area (Å²) in [6, 6.07) is 11.4. The third-order valence-corrected chi connectivity index (χ3v) is 2.61. The van der Waals surface area contributed by atoms with E-state index < -0.39 is 0 Å². The van der Waals surface area contributed by atoms with E-state index in [1.807, 2.05) is 30.3 Å². The number of rotatable bonds is 2. The summed E-state index contributed by atoms with van der Waals surface area (Å²) in [5.41, 5.74) is 1.18. The highest BCUT2D eigenvalue weighted by atomic mass is 16.3. The van der Waals surface area contributed by atoms with Gasteiger partial charge in [-0.15, -0.1) is 0 Å². The molecule has 0 aliphatic heterocycles. The van der Waals surface area contributed by atoms with Crippen molar-refractivity contribution < 1.29 is 9.90 Å². The summed E-state index contributed by atoms with van der Waals surface area (Å²) in [6.07, 6.45) is 0. The van der Waals surface area contributed by atoms with Gasteiger partial charge in [-0.3, -0.25) is 4.79 Å². The first-order valence-corrected chi connectivity index (χ1v) is 5.11. The zero-order chi connectivity index (χ0) is 11.5. The average Bonchev–Trinajstić information content (AvgIpc) is 2.36. The maximum atomic E-state index is 11.6. The Labute approximate surface area is 93.7 Å². The van der Waals surface area contributed by atoms with Crippen LogP contribution in [0.2, 0.25) is 0 Å². The Kier molecular flexibility index (Phi) is 2.88. The first-order valence-electron chi connectivity index (χ1n) is 5.11. The minimum atomic E-state index is -0.171. The highest BCUT2D eigenvalue weighted by molar-refractivity contribution is 6.00. The van der Waals surface area contributed by atoms with Gasteiger partial charge < -0.3 is 10.4 Å². The van der Waals surface area contributed by atoms with Crippen LogP contribution in [0, 0.1) is 0 Å². The number of carbonyl (C=O) groups excluding carboxylic acids is 1. The summed E-state index contributed by atoms with van der Waals surface area (Å²) in [7, 11) is 1.58. The van der Waals surface area contributed by atoms with Crippen molar-refractivity contribution in [3.05, 3.63) is 47.5 Å². The molecule has 2 aromatic rings. The van der Waals surface area contributed by atoms with Crippen molar-refractivity contribution in [1.82, 2.24) is 5.32 Å². The fourth-order valence-corrected chi connectivity index (χ4v) is 1.76. The number of amides is 1. The lowest BCUT2D eigenvalue weighted by molar-refractivity contribution is 0.0960. The van der Waals surface area contributed by atoms with E-state index >= 15 is 0 Å². The number of aliphatic hydroxyl groups is 1. The second kappa shape index (κ2) is 4.33. The van der Waals surface area contributed by atoms with Gasteiger partial charge in [0.1, 0.15) is 0 Å². The second-order valence-corrected chi connectivity index (χ2v) is 3.59. The summed E-state index contributed by atoms with van der Waals surface area (Å²) in [4.78, 5) is 11.6. The molecule has 0 radical (unpaired) electrons. The minimum Gasteiger partial charge on any atom is -0.392 e. The zero-order valence-electron chi connectivity index (χ0n) is 9.03. The van der Waals surface area contributed by atoms with Gasteiger partial charge in [-0.25, -0.2) is 0 Å². The molecule has 0 bridgehead atoms. The van der Waals surface area contributed by atoms with Crippen molar-refractivity contribution in [3.63, 3.8) is 0 Å². The molecule has 0 fully saturated rings. The van der Waals surface area contributed by atoms with E-state index in [1.165, 1.54) is 0 Å². The summed E-state index contributed by atoms with van der Waals surface area (Å²) < 4.78 is 0. The van der Waals surface area contributed by atoms with Crippen LogP contribution in [-0.2, 0) is 6.61 Å². The van der Waals surface area contributed by atoms with Gasteiger partial charge in [0.25, 0.3) is 5.91 Å². The van der Waals surface area contributed by atoms with Crippen LogP contribution in [0.5, 0.6) is 0 Å². The number of hydrogen-bond donors (Lipinski definition) is 2. The number of fused-ring (bicyclic) bond motifs is 1. The van der Waals surface area contributed by atoms with Gasteiger partial charge in [-0.05, 0) is 28.5 Å². The summed E-state index contributed by atoms with van der Waals surface area (Å²) in [5.74, 6) is -0.171. The molecule has 82 valence electrons. The third kappa shape index (κ3) is 1.77. The van der Waals surface area contributed by atoms with E-state index in [2.05, 4.69) is 5.32 Å². The lowest BCUT2D eigenvalue weighted by Crippen LogP contribution is -2.19. The van der Waals surface area contributed by atoms with Crippen molar-refractivity contribution >= 4 is 16.7 Å². The van der Waals surface area contributed by atoms with Crippen LogP contribution in [0.3, 0.4) is 0 Å². The smallest absolute Gasteiger partial charge is 0.251 e. The van der Waals surface area contributed by atoms with Crippen molar-refractivity contribution in [2.45, 2.75) is 6.61 Å². The predicted octanol–water partition coefficient (Wildman–Crippen LogP) is 1.69. The van der Waals surface area contributed by atoms with Crippen LogP contribution in [0.4, 0.5) is 0 Å². The maximum Gasteiger partial charge on any atom is 0.251 e. The Balaban J connectivity index is 2.67. The van der Waals surface area contributed by atoms with Gasteiger partial charge in [0, 0.05) is 12.6 Å². The van der Waals surface area contributed by atoms with Gasteiger partial charge in [-0.1, -0.05) is 24.3 Å². The Morgan fingerprint density at radius 1 is 1.25 bits per heavy atom. The lowest BCUT2D eigenvalue weighted by Gasteiger charge is -2.08. The van der Waals surface area contributed by atoms with Crippen molar-refractivity contribution in [2.75, 3.05) is 7.05 Å².